The van der Waals surface area contributed by atoms with Crippen molar-refractivity contribution in [1.82, 2.24) is 14.8 Å². The zero-order valence-electron chi connectivity index (χ0n) is 22.0. The number of piperidine rings is 1. The summed E-state index contributed by atoms with van der Waals surface area (Å²) < 4.78 is 21.0. The van der Waals surface area contributed by atoms with Crippen LogP contribution in [-0.4, -0.2) is 85.4 Å². The summed E-state index contributed by atoms with van der Waals surface area (Å²) in [5.41, 5.74) is 6.06. The van der Waals surface area contributed by atoms with E-state index < -0.39 is 23.7 Å². The van der Waals surface area contributed by atoms with Gasteiger partial charge in [0.1, 0.15) is 11.7 Å². The molecule has 0 spiro atoms. The lowest BCUT2D eigenvalue weighted by atomic mass is 9.99. The van der Waals surface area contributed by atoms with Gasteiger partial charge in [0.15, 0.2) is 11.6 Å². The van der Waals surface area contributed by atoms with E-state index in [0.29, 0.717) is 31.0 Å². The zero-order chi connectivity index (χ0) is 27.4. The van der Waals surface area contributed by atoms with Crippen LogP contribution in [0.4, 0.5) is 15.8 Å². The number of pyridine rings is 1. The largest absolute Gasteiger partial charge is 0.493 e. The van der Waals surface area contributed by atoms with Crippen molar-refractivity contribution in [3.05, 3.63) is 47.5 Å². The number of likely N-dealkylation sites (N-methyl/N-ethyl adjacent to an activating group) is 1. The van der Waals surface area contributed by atoms with Crippen molar-refractivity contribution in [2.75, 3.05) is 57.1 Å². The fourth-order valence-electron chi connectivity index (χ4n) is 6.01. The Bertz CT molecular complexity index is 1290. The molecule has 3 unspecified atom stereocenters. The fraction of sp³-hybridized carbons (Fsp3) is 0.481. The predicted octanol–water partition coefficient (Wildman–Crippen LogP) is 1.82. The Kier molecular flexibility index (Phi) is 6.50. The molecule has 38 heavy (non-hydrogen) atoms. The molecule has 3 atom stereocenters. The number of benzene rings is 1. The van der Waals surface area contributed by atoms with Crippen molar-refractivity contribution < 1.29 is 23.5 Å². The number of carbonyl (C=O) groups excluding carboxylic acids is 3. The Labute approximate surface area is 220 Å². The average molecular weight is 525 g/mol. The van der Waals surface area contributed by atoms with E-state index in [4.69, 9.17) is 10.5 Å². The van der Waals surface area contributed by atoms with Crippen molar-refractivity contribution in [1.29, 1.82) is 0 Å². The van der Waals surface area contributed by atoms with Gasteiger partial charge in [-0.1, -0.05) is 13.8 Å². The molecule has 3 heterocycles. The number of piperazine rings is 1. The summed E-state index contributed by atoms with van der Waals surface area (Å²) in [5, 5.41) is 2.81. The first-order valence-electron chi connectivity index (χ1n) is 12.7. The van der Waals surface area contributed by atoms with Gasteiger partial charge in [0.05, 0.1) is 18.4 Å². The molecule has 2 aromatic rings. The normalized spacial score (nSPS) is 24.1. The van der Waals surface area contributed by atoms with Crippen LogP contribution in [0.25, 0.3) is 0 Å². The number of rotatable bonds is 6. The highest BCUT2D eigenvalue weighted by molar-refractivity contribution is 6.04. The quantitative estimate of drug-likeness (QED) is 0.591. The van der Waals surface area contributed by atoms with E-state index in [2.05, 4.69) is 29.0 Å². The van der Waals surface area contributed by atoms with Crippen molar-refractivity contribution >= 4 is 29.1 Å². The maximum absolute atomic E-state index is 15.6. The molecule has 202 valence electrons. The number of fused-ring (bicyclic) bond motifs is 1. The molecule has 1 saturated carbocycles. The van der Waals surface area contributed by atoms with Crippen molar-refractivity contribution in [2.45, 2.75) is 19.9 Å². The fourth-order valence-corrected chi connectivity index (χ4v) is 6.01. The number of nitrogens with two attached hydrogens (primary N) is 1. The molecule has 11 heteroatoms. The number of likely N-dealkylation sites (tertiary alicyclic amines) is 1. The maximum atomic E-state index is 15.6. The molecule has 1 aliphatic carbocycles. The van der Waals surface area contributed by atoms with Gasteiger partial charge in [0, 0.05) is 44.6 Å². The highest BCUT2D eigenvalue weighted by Crippen LogP contribution is 2.65. The summed E-state index contributed by atoms with van der Waals surface area (Å²) >= 11 is 0. The van der Waals surface area contributed by atoms with Gasteiger partial charge in [0.2, 0.25) is 5.91 Å². The van der Waals surface area contributed by atoms with Gasteiger partial charge in [-0.2, -0.15) is 0 Å². The Balaban J connectivity index is 1.42. The molecule has 0 radical (unpaired) electrons. The number of methoxy groups -OCH3 is 1. The number of aromatic nitrogens is 1. The molecule has 2 aliphatic heterocycles. The molecule has 0 bridgehead atoms. The minimum Gasteiger partial charge on any atom is -0.493 e. The number of nitrogens with zero attached hydrogens (tertiary/aromatic N) is 4. The highest BCUT2D eigenvalue weighted by atomic mass is 19.1. The van der Waals surface area contributed by atoms with E-state index >= 15 is 4.39 Å². The van der Waals surface area contributed by atoms with Crippen LogP contribution in [0.5, 0.6) is 5.75 Å². The minimum absolute atomic E-state index is 0.0208. The first-order chi connectivity index (χ1) is 18.0. The molecule has 3 amide bonds. The van der Waals surface area contributed by atoms with Crippen LogP contribution in [0.3, 0.4) is 0 Å². The van der Waals surface area contributed by atoms with E-state index in [-0.39, 0.29) is 40.2 Å². The second kappa shape index (κ2) is 9.54. The lowest BCUT2D eigenvalue weighted by Crippen LogP contribution is -2.48. The summed E-state index contributed by atoms with van der Waals surface area (Å²) in [6, 6.07) is 5.39. The van der Waals surface area contributed by atoms with Crippen LogP contribution in [-0.2, 0) is 4.79 Å². The van der Waals surface area contributed by atoms with E-state index in [1.54, 1.807) is 18.2 Å². The van der Waals surface area contributed by atoms with Gasteiger partial charge in [-0.3, -0.25) is 19.4 Å². The number of carbonyl (C=O) groups is 3. The van der Waals surface area contributed by atoms with Crippen molar-refractivity contribution in [2.24, 2.45) is 23.0 Å². The topological polar surface area (TPSA) is 121 Å². The van der Waals surface area contributed by atoms with Crippen molar-refractivity contribution in [3.8, 4) is 5.75 Å². The molecule has 5 rings (SSSR count). The van der Waals surface area contributed by atoms with Gasteiger partial charge in [0.25, 0.3) is 11.8 Å². The molecule has 3 N–H and O–H groups in total. The first kappa shape index (κ1) is 25.9. The van der Waals surface area contributed by atoms with E-state index in [1.165, 1.54) is 24.3 Å². The lowest BCUT2D eigenvalue weighted by molar-refractivity contribution is -0.120. The molecule has 2 saturated heterocycles. The Morgan fingerprint density at radius 3 is 2.53 bits per heavy atom. The van der Waals surface area contributed by atoms with Gasteiger partial charge in [-0.05, 0) is 48.6 Å². The molecule has 10 nitrogen and oxygen atoms in total. The van der Waals surface area contributed by atoms with Crippen LogP contribution in [0.15, 0.2) is 30.5 Å². The number of ether oxygens (including phenoxy) is 1. The third-order valence-electron chi connectivity index (χ3n) is 8.37. The van der Waals surface area contributed by atoms with Gasteiger partial charge in [-0.15, -0.1) is 0 Å². The number of nitrogens with one attached hydrogen (secondary N) is 1. The molecular formula is C27H33FN6O4. The monoisotopic (exact) mass is 524 g/mol. The second-order valence-corrected chi connectivity index (χ2v) is 10.9. The lowest BCUT2D eigenvalue weighted by Gasteiger charge is -2.35. The van der Waals surface area contributed by atoms with E-state index in [1.807, 2.05) is 11.9 Å². The molecule has 1 aromatic heterocycles. The van der Waals surface area contributed by atoms with Crippen LogP contribution in [0.1, 0.15) is 34.7 Å². The summed E-state index contributed by atoms with van der Waals surface area (Å²) in [6.07, 6.45) is 1.38. The average Bonchev–Trinajstić information content (AvgIpc) is 3.22. The predicted molar refractivity (Wildman–Crippen MR) is 140 cm³/mol. The van der Waals surface area contributed by atoms with Crippen LogP contribution >= 0.6 is 0 Å². The maximum Gasteiger partial charge on any atom is 0.267 e. The summed E-state index contributed by atoms with van der Waals surface area (Å²) in [7, 11) is 3.37. The van der Waals surface area contributed by atoms with E-state index in [9.17, 15) is 14.4 Å². The third kappa shape index (κ3) is 4.34. The zero-order valence-corrected chi connectivity index (χ0v) is 22.0. The Hall–Kier alpha value is -3.73. The number of hydrogen-bond acceptors (Lipinski definition) is 7. The molecular weight excluding hydrogens is 491 g/mol. The van der Waals surface area contributed by atoms with Crippen LogP contribution < -0.4 is 20.7 Å². The SMILES string of the molecule is COc1c(C(=O)N2CC3C(C2C(=O)Nc2ccnc(C(N)=O)c2)C3(C)C)ccc(N2CCN(C)CC2)c1F. The second-order valence-electron chi connectivity index (χ2n) is 10.9. The number of hydrogen-bond donors (Lipinski definition) is 2. The smallest absolute Gasteiger partial charge is 0.267 e. The van der Waals surface area contributed by atoms with Crippen molar-refractivity contribution in [3.63, 3.8) is 0 Å². The van der Waals surface area contributed by atoms with Gasteiger partial charge < -0.3 is 30.5 Å². The molecule has 3 fully saturated rings. The highest BCUT2D eigenvalue weighted by Gasteiger charge is 2.69. The number of anilines is 2. The standard InChI is InChI=1S/C27H33FN6O4/c1-27(2)17-14-34(22(20(17)27)25(36)31-15-7-8-30-18(13-15)24(29)35)26(37)16-5-6-19(21(28)23(16)38-4)33-11-9-32(3)10-12-33/h5-8,13,17,20,22H,9-12,14H2,1-4H3,(H2,29,35)(H,30,31,36). The van der Waals surface area contributed by atoms with Crippen LogP contribution in [0.2, 0.25) is 0 Å². The van der Waals surface area contributed by atoms with Gasteiger partial charge >= 0.3 is 0 Å². The summed E-state index contributed by atoms with van der Waals surface area (Å²) in [5.74, 6) is -2.16. The molecule has 3 aliphatic rings. The van der Waals surface area contributed by atoms with E-state index in [0.717, 1.165) is 13.1 Å². The first-order valence-corrected chi connectivity index (χ1v) is 12.7. The summed E-state index contributed by atoms with van der Waals surface area (Å²) in [4.78, 5) is 48.4. The minimum atomic E-state index is -0.766. The Morgan fingerprint density at radius 1 is 1.16 bits per heavy atom. The number of halogens is 1. The third-order valence-corrected chi connectivity index (χ3v) is 8.37. The Morgan fingerprint density at radius 2 is 1.87 bits per heavy atom. The summed E-state index contributed by atoms with van der Waals surface area (Å²) in [6.45, 7) is 7.49. The number of primary amides is 1. The van der Waals surface area contributed by atoms with Gasteiger partial charge in [-0.25, -0.2) is 4.39 Å². The van der Waals surface area contributed by atoms with Crippen LogP contribution in [0, 0.1) is 23.1 Å². The number of amides is 3. The molecule has 1 aromatic carbocycles.